The van der Waals surface area contributed by atoms with E-state index in [4.69, 9.17) is 6.42 Å². The smallest absolute Gasteiger partial charge is 0.258 e. The predicted octanol–water partition coefficient (Wildman–Crippen LogP) is 1.48. The van der Waals surface area contributed by atoms with E-state index < -0.39 is 9.85 Å². The summed E-state index contributed by atoms with van der Waals surface area (Å²) in [5.74, 6) is 2.11. The van der Waals surface area contributed by atoms with Crippen LogP contribution in [-0.2, 0) is 0 Å². The zero-order chi connectivity index (χ0) is 10.7. The minimum absolute atomic E-state index is 0.117. The first-order valence-electron chi connectivity index (χ1n) is 3.45. The van der Waals surface area contributed by atoms with Gasteiger partial charge < -0.3 is 0 Å². The molecule has 0 atom stereocenters. The molecular formula is C8H4N2O4. The van der Waals surface area contributed by atoms with Crippen molar-refractivity contribution < 1.29 is 9.85 Å². The van der Waals surface area contributed by atoms with Gasteiger partial charge in [-0.1, -0.05) is 5.92 Å². The number of nitrogens with zero attached hydrogens (tertiary/aromatic N) is 2. The maximum Gasteiger partial charge on any atom is 0.277 e. The van der Waals surface area contributed by atoms with Crippen LogP contribution in [0.5, 0.6) is 0 Å². The molecule has 0 radical (unpaired) electrons. The lowest BCUT2D eigenvalue weighted by Crippen LogP contribution is -1.93. The minimum atomic E-state index is -0.728. The molecule has 1 rings (SSSR count). The normalized spacial score (nSPS) is 9.07. The molecule has 6 heteroatoms. The number of nitro benzene ring substituents is 2. The van der Waals surface area contributed by atoms with Crippen LogP contribution in [0.25, 0.3) is 0 Å². The van der Waals surface area contributed by atoms with Crippen molar-refractivity contribution in [1.29, 1.82) is 0 Å². The molecule has 70 valence electrons. The number of hydrogen-bond donors (Lipinski definition) is 0. The summed E-state index contributed by atoms with van der Waals surface area (Å²) in [6.07, 6.45) is 4.99. The molecule has 0 N–H and O–H groups in total. The first-order chi connectivity index (χ1) is 6.54. The fraction of sp³-hybridized carbons (Fsp3) is 0. The summed E-state index contributed by atoms with van der Waals surface area (Å²) in [4.78, 5) is 19.3. The molecule has 0 fully saturated rings. The largest absolute Gasteiger partial charge is 0.277 e. The molecule has 0 heterocycles. The Bertz CT molecular complexity index is 415. The van der Waals surface area contributed by atoms with Gasteiger partial charge in [-0.3, -0.25) is 20.2 Å². The Morgan fingerprint density at radius 1 is 1.07 bits per heavy atom. The molecule has 14 heavy (non-hydrogen) atoms. The van der Waals surface area contributed by atoms with Crippen molar-refractivity contribution in [2.75, 3.05) is 0 Å². The molecule has 0 spiro atoms. The van der Waals surface area contributed by atoms with Gasteiger partial charge in [0.2, 0.25) is 0 Å². The Balaban J connectivity index is 3.36. The van der Waals surface area contributed by atoms with E-state index in [1.165, 1.54) is 0 Å². The maximum atomic E-state index is 10.4. The predicted molar refractivity (Wildman–Crippen MR) is 47.7 cm³/mol. The molecule has 0 unspecified atom stereocenters. The van der Waals surface area contributed by atoms with Gasteiger partial charge >= 0.3 is 0 Å². The van der Waals surface area contributed by atoms with Crippen LogP contribution in [0.4, 0.5) is 11.4 Å². The van der Waals surface area contributed by atoms with Gasteiger partial charge in [0.15, 0.2) is 0 Å². The van der Waals surface area contributed by atoms with Crippen molar-refractivity contribution in [3.05, 3.63) is 44.0 Å². The zero-order valence-electron chi connectivity index (χ0n) is 6.84. The summed E-state index contributed by atoms with van der Waals surface area (Å²) in [5, 5.41) is 20.7. The van der Waals surface area contributed by atoms with E-state index in [0.717, 1.165) is 18.2 Å². The first kappa shape index (κ1) is 9.67. The number of hydrogen-bond acceptors (Lipinski definition) is 4. The van der Waals surface area contributed by atoms with Crippen molar-refractivity contribution in [3.63, 3.8) is 0 Å². The van der Waals surface area contributed by atoms with Crippen LogP contribution in [0.15, 0.2) is 18.2 Å². The van der Waals surface area contributed by atoms with Gasteiger partial charge in [0.25, 0.3) is 11.4 Å². The maximum absolute atomic E-state index is 10.4. The summed E-state index contributed by atoms with van der Waals surface area (Å²) >= 11 is 0. The molecule has 0 saturated carbocycles. The summed E-state index contributed by atoms with van der Waals surface area (Å²) in [6.45, 7) is 0. The van der Waals surface area contributed by atoms with Crippen LogP contribution in [0.1, 0.15) is 5.56 Å². The molecule has 0 amide bonds. The Kier molecular flexibility index (Phi) is 2.44. The minimum Gasteiger partial charge on any atom is -0.258 e. The van der Waals surface area contributed by atoms with Crippen molar-refractivity contribution in [2.24, 2.45) is 0 Å². The molecule has 0 aliphatic heterocycles. The van der Waals surface area contributed by atoms with Crippen LogP contribution in [0.2, 0.25) is 0 Å². The standard InChI is InChI=1S/C8H4N2O4/c1-2-6-3-7(9(11)12)5-8(4-6)10(13)14/h1,3-5H. The second-order valence-corrected chi connectivity index (χ2v) is 2.40. The number of benzene rings is 1. The third kappa shape index (κ3) is 1.84. The Labute approximate surface area is 78.5 Å². The van der Waals surface area contributed by atoms with Crippen molar-refractivity contribution in [3.8, 4) is 12.3 Å². The highest BCUT2D eigenvalue weighted by molar-refractivity contribution is 5.51. The third-order valence-electron chi connectivity index (χ3n) is 1.49. The summed E-state index contributed by atoms with van der Waals surface area (Å²) < 4.78 is 0. The monoisotopic (exact) mass is 192 g/mol. The average Bonchev–Trinajstić information content (AvgIpc) is 2.16. The van der Waals surface area contributed by atoms with Gasteiger partial charge in [0.1, 0.15) is 0 Å². The van der Waals surface area contributed by atoms with E-state index in [1.54, 1.807) is 0 Å². The van der Waals surface area contributed by atoms with Gasteiger partial charge in [-0.15, -0.1) is 6.42 Å². The van der Waals surface area contributed by atoms with E-state index >= 15 is 0 Å². The average molecular weight is 192 g/mol. The summed E-state index contributed by atoms with van der Waals surface area (Å²) in [5.41, 5.74) is -0.648. The second kappa shape index (κ2) is 3.53. The number of non-ortho nitro benzene ring substituents is 2. The SMILES string of the molecule is C#Cc1cc([N+](=O)[O-])cc([N+](=O)[O-])c1. The lowest BCUT2D eigenvalue weighted by Gasteiger charge is -1.94. The molecule has 1 aromatic carbocycles. The molecule has 0 aromatic heterocycles. The molecule has 0 aliphatic rings. The van der Waals surface area contributed by atoms with Crippen LogP contribution >= 0.6 is 0 Å². The fourth-order valence-electron chi connectivity index (χ4n) is 0.889. The Morgan fingerprint density at radius 2 is 1.50 bits per heavy atom. The fourth-order valence-corrected chi connectivity index (χ4v) is 0.889. The summed E-state index contributed by atoms with van der Waals surface area (Å²) in [7, 11) is 0. The molecule has 0 bridgehead atoms. The van der Waals surface area contributed by atoms with Crippen molar-refractivity contribution in [1.82, 2.24) is 0 Å². The molecule has 1 aromatic rings. The first-order valence-corrected chi connectivity index (χ1v) is 3.45. The van der Waals surface area contributed by atoms with Gasteiger partial charge in [-0.25, -0.2) is 0 Å². The second-order valence-electron chi connectivity index (χ2n) is 2.40. The zero-order valence-corrected chi connectivity index (χ0v) is 6.84. The lowest BCUT2D eigenvalue weighted by atomic mass is 10.2. The number of nitro groups is 2. The highest BCUT2D eigenvalue weighted by Crippen LogP contribution is 2.21. The van der Waals surface area contributed by atoms with Crippen molar-refractivity contribution >= 4 is 11.4 Å². The van der Waals surface area contributed by atoms with E-state index in [1.807, 2.05) is 0 Å². The van der Waals surface area contributed by atoms with Gasteiger partial charge in [-0.05, 0) is 0 Å². The quantitative estimate of drug-likeness (QED) is 0.403. The van der Waals surface area contributed by atoms with E-state index in [2.05, 4.69) is 5.92 Å². The summed E-state index contributed by atoms with van der Waals surface area (Å²) in [6, 6.07) is 3.07. The van der Waals surface area contributed by atoms with Crippen LogP contribution in [-0.4, -0.2) is 9.85 Å². The van der Waals surface area contributed by atoms with Gasteiger partial charge in [0.05, 0.1) is 15.9 Å². The van der Waals surface area contributed by atoms with Crippen LogP contribution in [0.3, 0.4) is 0 Å². The highest BCUT2D eigenvalue weighted by Gasteiger charge is 2.15. The topological polar surface area (TPSA) is 86.3 Å². The number of terminal acetylenes is 1. The Morgan fingerprint density at radius 3 is 1.79 bits per heavy atom. The van der Waals surface area contributed by atoms with E-state index in [-0.39, 0.29) is 16.9 Å². The third-order valence-corrected chi connectivity index (χ3v) is 1.49. The van der Waals surface area contributed by atoms with E-state index in [9.17, 15) is 20.2 Å². The molecular weight excluding hydrogens is 188 g/mol. The molecule has 6 nitrogen and oxygen atoms in total. The molecule has 0 saturated heterocycles. The lowest BCUT2D eigenvalue weighted by molar-refractivity contribution is -0.394. The number of rotatable bonds is 2. The van der Waals surface area contributed by atoms with E-state index in [0.29, 0.717) is 0 Å². The Hall–Kier alpha value is -2.42. The van der Waals surface area contributed by atoms with Crippen LogP contribution in [0, 0.1) is 32.6 Å². The highest BCUT2D eigenvalue weighted by atomic mass is 16.6. The van der Waals surface area contributed by atoms with Gasteiger partial charge in [0, 0.05) is 17.7 Å². The van der Waals surface area contributed by atoms with Crippen molar-refractivity contribution in [2.45, 2.75) is 0 Å². The van der Waals surface area contributed by atoms with Gasteiger partial charge in [-0.2, -0.15) is 0 Å². The molecule has 0 aliphatic carbocycles. The van der Waals surface area contributed by atoms with Crippen LogP contribution < -0.4 is 0 Å².